The number of aliphatic hydroxyl groups is 1. The molecule has 3 aliphatic rings. The van der Waals surface area contributed by atoms with Crippen molar-refractivity contribution in [1.82, 2.24) is 14.9 Å². The minimum atomic E-state index is -0.862. The zero-order valence-electron chi connectivity index (χ0n) is 15.7. The Bertz CT molecular complexity index is 712. The summed E-state index contributed by atoms with van der Waals surface area (Å²) < 4.78 is 0.496. The van der Waals surface area contributed by atoms with Gasteiger partial charge in [0, 0.05) is 30.2 Å². The highest BCUT2D eigenvalue weighted by molar-refractivity contribution is 8.23. The fraction of sp³-hybridized carbons (Fsp3) is 0.556. The van der Waals surface area contributed by atoms with E-state index >= 15 is 0 Å². The summed E-state index contributed by atoms with van der Waals surface area (Å²) in [4.78, 5) is 22.4. The van der Waals surface area contributed by atoms with Crippen molar-refractivity contribution < 1.29 is 14.7 Å². The molecule has 0 aromatic carbocycles. The molecule has 28 heavy (non-hydrogen) atoms. The summed E-state index contributed by atoms with van der Waals surface area (Å²) in [5.74, 6) is 1.50. The molecule has 2 atom stereocenters. The lowest BCUT2D eigenvalue weighted by molar-refractivity contribution is -0.140. The smallest absolute Gasteiger partial charge is 0.278 e. The predicted molar refractivity (Wildman–Crippen MR) is 123 cm³/mol. The highest BCUT2D eigenvalue weighted by Gasteiger charge is 2.37. The fourth-order valence-corrected chi connectivity index (χ4v) is 5.74. The molecule has 2 saturated heterocycles. The summed E-state index contributed by atoms with van der Waals surface area (Å²) in [7, 11) is 0. The molecular formula is C18H25N3O3S4. The topological polar surface area (TPSA) is 56.2 Å². The van der Waals surface area contributed by atoms with Crippen molar-refractivity contribution in [3.05, 3.63) is 35.7 Å². The highest BCUT2D eigenvalue weighted by atomic mass is 32.2. The molecule has 1 N–H and O–H groups in total. The minimum absolute atomic E-state index is 0.0795. The van der Waals surface area contributed by atoms with Crippen LogP contribution in [0.4, 0.5) is 0 Å². The SMILES string of the molecule is C=C1C([C@H](O)N2CCS[C@H]2S)=CC=C(C(=O)N2CCSC2=S)N1OCCCC. The van der Waals surface area contributed by atoms with E-state index in [1.54, 1.807) is 28.8 Å². The summed E-state index contributed by atoms with van der Waals surface area (Å²) in [6.45, 7) is 7.96. The van der Waals surface area contributed by atoms with Crippen LogP contribution in [0, 0.1) is 0 Å². The number of hydroxylamine groups is 2. The highest BCUT2D eigenvalue weighted by Crippen LogP contribution is 2.35. The van der Waals surface area contributed by atoms with Crippen LogP contribution < -0.4 is 0 Å². The van der Waals surface area contributed by atoms with E-state index in [2.05, 4.69) is 26.1 Å². The summed E-state index contributed by atoms with van der Waals surface area (Å²) in [6.07, 6.45) is 4.39. The van der Waals surface area contributed by atoms with E-state index in [9.17, 15) is 9.90 Å². The van der Waals surface area contributed by atoms with Gasteiger partial charge in [0.2, 0.25) is 0 Å². The number of aliphatic hydroxyl groups excluding tert-OH is 1. The van der Waals surface area contributed by atoms with Gasteiger partial charge in [-0.05, 0) is 12.5 Å². The molecule has 1 amide bonds. The van der Waals surface area contributed by atoms with Crippen LogP contribution in [0.3, 0.4) is 0 Å². The number of hydrogen-bond acceptors (Lipinski definition) is 9. The number of nitrogens with zero attached hydrogens (tertiary/aromatic N) is 3. The van der Waals surface area contributed by atoms with Gasteiger partial charge in [-0.1, -0.05) is 50.0 Å². The van der Waals surface area contributed by atoms with Gasteiger partial charge in [0.25, 0.3) is 5.91 Å². The average molecular weight is 460 g/mol. The van der Waals surface area contributed by atoms with Gasteiger partial charge in [0.05, 0.1) is 12.3 Å². The number of thiol groups is 1. The maximum Gasteiger partial charge on any atom is 0.278 e. The maximum atomic E-state index is 13.1. The summed E-state index contributed by atoms with van der Waals surface area (Å²) in [5, 5.41) is 12.3. The second kappa shape index (κ2) is 10.0. The van der Waals surface area contributed by atoms with Gasteiger partial charge in [-0.25, -0.2) is 5.06 Å². The van der Waals surface area contributed by atoms with Gasteiger partial charge >= 0.3 is 0 Å². The Kier molecular flexibility index (Phi) is 7.94. The molecule has 3 rings (SSSR count). The number of amides is 1. The lowest BCUT2D eigenvalue weighted by atomic mass is 10.1. The number of carbonyl (C=O) groups excluding carboxylic acids is 1. The number of hydrogen-bond donors (Lipinski definition) is 2. The number of thiocarbonyl (C=S) groups is 1. The first-order valence-electron chi connectivity index (χ1n) is 9.22. The third-order valence-corrected chi connectivity index (χ3v) is 7.81. The Morgan fingerprint density at radius 3 is 2.86 bits per heavy atom. The molecule has 2 fully saturated rings. The van der Waals surface area contributed by atoms with Crippen LogP contribution in [-0.2, 0) is 9.63 Å². The normalized spacial score (nSPS) is 24.6. The summed E-state index contributed by atoms with van der Waals surface area (Å²) in [6, 6.07) is 0. The Hall–Kier alpha value is -0.490. The molecule has 154 valence electrons. The van der Waals surface area contributed by atoms with Crippen molar-refractivity contribution in [2.75, 3.05) is 31.2 Å². The molecule has 0 saturated carbocycles. The number of allylic oxidation sites excluding steroid dienone is 2. The first-order valence-corrected chi connectivity index (χ1v) is 12.2. The maximum absolute atomic E-state index is 13.1. The third kappa shape index (κ3) is 4.63. The van der Waals surface area contributed by atoms with Crippen LogP contribution in [-0.4, -0.2) is 72.3 Å². The van der Waals surface area contributed by atoms with Crippen LogP contribution in [0.5, 0.6) is 0 Å². The Labute approximate surface area is 185 Å². The minimum Gasteiger partial charge on any atom is -0.374 e. The molecule has 0 aromatic heterocycles. The molecule has 0 aliphatic carbocycles. The van der Waals surface area contributed by atoms with Crippen molar-refractivity contribution in [3.8, 4) is 0 Å². The molecule has 0 aromatic rings. The standard InChI is InChI=1S/C18H25N3O3S4/c1-3-4-9-24-21-12(2)13(15(22)19-7-10-27-17(19)25)5-6-14(21)16(23)20-8-11-28-18(20)26/h5-6,15,17,22,25H,2-4,7-11H2,1H3/t15-,17+/m0/s1. The van der Waals surface area contributed by atoms with Crippen molar-refractivity contribution in [2.45, 2.75) is 30.7 Å². The lowest BCUT2D eigenvalue weighted by Gasteiger charge is -2.36. The molecule has 3 heterocycles. The molecule has 0 spiro atoms. The van der Waals surface area contributed by atoms with Gasteiger partial charge in [-0.15, -0.1) is 24.4 Å². The molecular weight excluding hydrogens is 434 g/mol. The van der Waals surface area contributed by atoms with Crippen molar-refractivity contribution >= 4 is 58.6 Å². The molecule has 0 bridgehead atoms. The molecule has 3 aliphatic heterocycles. The monoisotopic (exact) mass is 459 g/mol. The summed E-state index contributed by atoms with van der Waals surface area (Å²) >= 11 is 13.0. The van der Waals surface area contributed by atoms with Gasteiger partial charge < -0.3 is 5.11 Å². The largest absolute Gasteiger partial charge is 0.374 e. The van der Waals surface area contributed by atoms with Crippen molar-refractivity contribution in [3.63, 3.8) is 0 Å². The van der Waals surface area contributed by atoms with E-state index in [0.29, 0.717) is 34.4 Å². The quantitative estimate of drug-likeness (QED) is 0.342. The van der Waals surface area contributed by atoms with E-state index in [0.717, 1.165) is 30.9 Å². The third-order valence-electron chi connectivity index (χ3n) is 4.65. The Morgan fingerprint density at radius 1 is 1.46 bits per heavy atom. The number of thioether (sulfide) groups is 2. The molecule has 0 unspecified atom stereocenters. The van der Waals surface area contributed by atoms with Crippen LogP contribution >= 0.6 is 48.4 Å². The van der Waals surface area contributed by atoms with Crippen molar-refractivity contribution in [2.24, 2.45) is 0 Å². The second-order valence-electron chi connectivity index (χ2n) is 6.48. The van der Waals surface area contributed by atoms with E-state index < -0.39 is 6.23 Å². The van der Waals surface area contributed by atoms with E-state index in [-0.39, 0.29) is 10.6 Å². The predicted octanol–water partition coefficient (Wildman–Crippen LogP) is 2.80. The van der Waals surface area contributed by atoms with Gasteiger partial charge in [-0.2, -0.15) is 0 Å². The average Bonchev–Trinajstić information content (AvgIpc) is 3.30. The first-order chi connectivity index (χ1) is 13.5. The Morgan fingerprint density at radius 2 is 2.25 bits per heavy atom. The van der Waals surface area contributed by atoms with Crippen LogP contribution in [0.25, 0.3) is 0 Å². The van der Waals surface area contributed by atoms with Crippen LogP contribution in [0.2, 0.25) is 0 Å². The lowest BCUT2D eigenvalue weighted by Crippen LogP contribution is -2.43. The number of unbranched alkanes of at least 4 members (excludes halogenated alkanes) is 1. The van der Waals surface area contributed by atoms with Crippen LogP contribution in [0.15, 0.2) is 35.7 Å². The first kappa shape index (κ1) is 22.2. The second-order valence-corrected chi connectivity index (χ2v) is 10.2. The Balaban J connectivity index is 1.86. The number of carbonyl (C=O) groups is 1. The molecule has 0 radical (unpaired) electrons. The fourth-order valence-electron chi connectivity index (χ4n) is 3.04. The van der Waals surface area contributed by atoms with Gasteiger partial charge in [0.1, 0.15) is 21.0 Å². The van der Waals surface area contributed by atoms with E-state index in [1.807, 2.05) is 4.90 Å². The zero-order chi connectivity index (χ0) is 20.3. The van der Waals surface area contributed by atoms with E-state index in [4.69, 9.17) is 17.1 Å². The van der Waals surface area contributed by atoms with E-state index in [1.165, 1.54) is 16.8 Å². The molecule has 6 nitrogen and oxygen atoms in total. The summed E-state index contributed by atoms with van der Waals surface area (Å²) in [5.41, 5.74) is 1.43. The molecule has 10 heteroatoms. The zero-order valence-corrected chi connectivity index (χ0v) is 19.1. The van der Waals surface area contributed by atoms with Crippen LogP contribution in [0.1, 0.15) is 19.8 Å². The van der Waals surface area contributed by atoms with Gasteiger partial charge in [0.15, 0.2) is 0 Å². The van der Waals surface area contributed by atoms with Crippen molar-refractivity contribution in [1.29, 1.82) is 0 Å². The number of rotatable bonds is 7. The van der Waals surface area contributed by atoms with Gasteiger partial charge in [-0.3, -0.25) is 19.4 Å².